The van der Waals surface area contributed by atoms with Crippen molar-refractivity contribution >= 4 is 29.9 Å². The average Bonchev–Trinajstić information content (AvgIpc) is 2.75. The minimum Gasteiger partial charge on any atom is -0.483 e. The Kier molecular flexibility index (Phi) is 6.05. The van der Waals surface area contributed by atoms with Crippen LogP contribution in [-0.4, -0.2) is 18.4 Å². The molecule has 0 fully saturated rings. The highest BCUT2D eigenvalue weighted by atomic mass is 35.5. The van der Waals surface area contributed by atoms with E-state index in [4.69, 9.17) is 37.2 Å². The molecule has 1 heterocycles. The highest BCUT2D eigenvalue weighted by Crippen LogP contribution is 2.55. The van der Waals surface area contributed by atoms with Crippen LogP contribution >= 0.6 is 18.1 Å². The van der Waals surface area contributed by atoms with Gasteiger partial charge < -0.3 is 13.8 Å². The highest BCUT2D eigenvalue weighted by molar-refractivity contribution is 8.10. The van der Waals surface area contributed by atoms with Gasteiger partial charge in [-0.1, -0.05) is 38.4 Å². The molecule has 0 saturated carbocycles. The van der Waals surface area contributed by atoms with E-state index >= 15 is 0 Å². The number of fused-ring (bicyclic) bond motifs is 1. The standard InChI is InChI=1S/C17H26ClO3PS/c1-6-9-22(23,19-11-12(2)3)21-16-14(18)8-7-13-10-17(4,5)20-15(13)16/h7-8,12H,6,9-11H2,1-5H3. The fourth-order valence-electron chi connectivity index (χ4n) is 2.50. The van der Waals surface area contributed by atoms with Gasteiger partial charge in [0.1, 0.15) is 5.60 Å². The maximum atomic E-state index is 6.38. The second-order valence-electron chi connectivity index (χ2n) is 7.02. The largest absolute Gasteiger partial charge is 0.483 e. The van der Waals surface area contributed by atoms with Gasteiger partial charge in [-0.2, -0.15) is 0 Å². The number of ether oxygens (including phenoxy) is 1. The first kappa shape index (κ1) is 19.1. The monoisotopic (exact) mass is 376 g/mol. The zero-order valence-electron chi connectivity index (χ0n) is 14.5. The summed E-state index contributed by atoms with van der Waals surface area (Å²) in [5.41, 5.74) is 0.855. The van der Waals surface area contributed by atoms with Gasteiger partial charge in [-0.25, -0.2) is 0 Å². The quantitative estimate of drug-likeness (QED) is 0.560. The lowest BCUT2D eigenvalue weighted by Crippen LogP contribution is -2.24. The molecule has 0 bridgehead atoms. The Bertz CT molecular complexity index is 616. The summed E-state index contributed by atoms with van der Waals surface area (Å²) < 4.78 is 18.3. The first-order valence-corrected chi connectivity index (χ1v) is 11.3. The Morgan fingerprint density at radius 1 is 1.39 bits per heavy atom. The lowest BCUT2D eigenvalue weighted by atomic mass is 10.0. The van der Waals surface area contributed by atoms with E-state index in [0.29, 0.717) is 23.3 Å². The minimum atomic E-state index is -2.43. The van der Waals surface area contributed by atoms with Crippen molar-refractivity contribution in [1.82, 2.24) is 0 Å². The molecule has 1 atom stereocenters. The number of rotatable bonds is 7. The zero-order valence-corrected chi connectivity index (χ0v) is 17.0. The lowest BCUT2D eigenvalue weighted by molar-refractivity contribution is 0.135. The Labute approximate surface area is 149 Å². The van der Waals surface area contributed by atoms with Crippen molar-refractivity contribution in [1.29, 1.82) is 0 Å². The van der Waals surface area contributed by atoms with E-state index in [9.17, 15) is 0 Å². The molecule has 1 unspecified atom stereocenters. The van der Waals surface area contributed by atoms with Gasteiger partial charge in [0.2, 0.25) is 6.49 Å². The Balaban J connectivity index is 2.31. The van der Waals surface area contributed by atoms with Crippen LogP contribution in [0.15, 0.2) is 12.1 Å². The predicted molar refractivity (Wildman–Crippen MR) is 101 cm³/mol. The van der Waals surface area contributed by atoms with Crippen LogP contribution in [0.1, 0.15) is 46.6 Å². The molecule has 0 saturated heterocycles. The van der Waals surface area contributed by atoms with Crippen molar-refractivity contribution in [2.24, 2.45) is 5.92 Å². The maximum Gasteiger partial charge on any atom is 0.238 e. The molecule has 0 radical (unpaired) electrons. The molecule has 6 heteroatoms. The number of hydrogen-bond donors (Lipinski definition) is 0. The van der Waals surface area contributed by atoms with E-state index in [1.165, 1.54) is 0 Å². The second kappa shape index (κ2) is 7.31. The molecule has 0 amide bonds. The van der Waals surface area contributed by atoms with Gasteiger partial charge in [0.25, 0.3) is 0 Å². The van der Waals surface area contributed by atoms with Crippen molar-refractivity contribution < 1.29 is 13.8 Å². The highest BCUT2D eigenvalue weighted by Gasteiger charge is 2.35. The molecular weight excluding hydrogens is 351 g/mol. The van der Waals surface area contributed by atoms with Gasteiger partial charge in [-0.05, 0) is 44.1 Å². The SMILES string of the molecule is CCCP(=S)(OCC(C)C)Oc1c(Cl)ccc2c1OC(C)(C)C2. The van der Waals surface area contributed by atoms with Crippen LogP contribution < -0.4 is 9.26 Å². The van der Waals surface area contributed by atoms with Gasteiger partial charge in [0.05, 0.1) is 11.6 Å². The summed E-state index contributed by atoms with van der Waals surface area (Å²) in [6, 6.07) is 3.85. The van der Waals surface area contributed by atoms with Crippen molar-refractivity contribution in [3.63, 3.8) is 0 Å². The molecule has 0 N–H and O–H groups in total. The molecule has 1 aliphatic rings. The summed E-state index contributed by atoms with van der Waals surface area (Å²) in [5.74, 6) is 1.68. The van der Waals surface area contributed by atoms with Crippen LogP contribution in [0, 0.1) is 5.92 Å². The summed E-state index contributed by atoms with van der Waals surface area (Å²) >= 11 is 12.1. The summed E-state index contributed by atoms with van der Waals surface area (Å²) in [7, 11) is 0. The third-order valence-electron chi connectivity index (χ3n) is 3.47. The molecule has 130 valence electrons. The molecule has 3 nitrogen and oxygen atoms in total. The molecular formula is C17H26ClO3PS. The van der Waals surface area contributed by atoms with Gasteiger partial charge in [-0.15, -0.1) is 0 Å². The Morgan fingerprint density at radius 3 is 2.70 bits per heavy atom. The van der Waals surface area contributed by atoms with Crippen LogP contribution in [-0.2, 0) is 22.8 Å². The van der Waals surface area contributed by atoms with Gasteiger partial charge in [0.15, 0.2) is 11.5 Å². The molecule has 23 heavy (non-hydrogen) atoms. The topological polar surface area (TPSA) is 27.7 Å². The smallest absolute Gasteiger partial charge is 0.238 e. The van der Waals surface area contributed by atoms with E-state index in [0.717, 1.165) is 30.3 Å². The first-order chi connectivity index (χ1) is 10.7. The van der Waals surface area contributed by atoms with E-state index < -0.39 is 6.49 Å². The van der Waals surface area contributed by atoms with Crippen LogP contribution in [0.5, 0.6) is 11.5 Å². The van der Waals surface area contributed by atoms with Crippen molar-refractivity contribution in [3.8, 4) is 11.5 Å². The third-order valence-corrected chi connectivity index (χ3v) is 6.86. The van der Waals surface area contributed by atoms with Crippen LogP contribution in [0.4, 0.5) is 0 Å². The summed E-state index contributed by atoms with van der Waals surface area (Å²) in [4.78, 5) is 0. The molecule has 0 spiro atoms. The molecule has 1 aromatic carbocycles. The maximum absolute atomic E-state index is 6.38. The van der Waals surface area contributed by atoms with Gasteiger partial charge in [0, 0.05) is 18.1 Å². The van der Waals surface area contributed by atoms with Crippen LogP contribution in [0.2, 0.25) is 5.02 Å². The molecule has 1 aliphatic heterocycles. The predicted octanol–water partition coefficient (Wildman–Crippen LogP) is 5.82. The van der Waals surface area contributed by atoms with Gasteiger partial charge in [-0.3, -0.25) is 0 Å². The van der Waals surface area contributed by atoms with Crippen LogP contribution in [0.25, 0.3) is 0 Å². The number of halogens is 1. The average molecular weight is 377 g/mol. The summed E-state index contributed by atoms with van der Waals surface area (Å²) in [6.07, 6.45) is 2.46. The van der Waals surface area contributed by atoms with E-state index in [1.54, 1.807) is 0 Å². The Morgan fingerprint density at radius 2 is 2.09 bits per heavy atom. The number of hydrogen-bond acceptors (Lipinski definition) is 4. The lowest BCUT2D eigenvalue weighted by Gasteiger charge is -2.26. The normalized spacial score (nSPS) is 18.4. The molecule has 0 aliphatic carbocycles. The van der Waals surface area contributed by atoms with Gasteiger partial charge >= 0.3 is 0 Å². The molecule has 2 rings (SSSR count). The van der Waals surface area contributed by atoms with Crippen LogP contribution in [0.3, 0.4) is 0 Å². The van der Waals surface area contributed by atoms with E-state index in [1.807, 2.05) is 12.1 Å². The van der Waals surface area contributed by atoms with Crippen molar-refractivity contribution in [2.45, 2.75) is 53.1 Å². The second-order valence-corrected chi connectivity index (χ2v) is 11.2. The first-order valence-electron chi connectivity index (χ1n) is 8.09. The summed E-state index contributed by atoms with van der Waals surface area (Å²) in [6.45, 7) is 8.57. The Hall–Kier alpha value is -0.280. The molecule has 0 aromatic heterocycles. The minimum absolute atomic E-state index is 0.253. The third kappa shape index (κ3) is 4.85. The van der Waals surface area contributed by atoms with Crippen molar-refractivity contribution in [2.75, 3.05) is 12.8 Å². The fourth-order valence-corrected chi connectivity index (χ4v) is 5.50. The summed E-state index contributed by atoms with van der Waals surface area (Å²) in [5, 5.41) is 0.528. The van der Waals surface area contributed by atoms with E-state index in [2.05, 4.69) is 34.6 Å². The fraction of sp³-hybridized carbons (Fsp3) is 0.647. The van der Waals surface area contributed by atoms with E-state index in [-0.39, 0.29) is 5.60 Å². The van der Waals surface area contributed by atoms with Crippen molar-refractivity contribution in [3.05, 3.63) is 22.7 Å². The number of benzene rings is 1. The zero-order chi connectivity index (χ0) is 17.3. The molecule has 1 aromatic rings.